The fourth-order valence-corrected chi connectivity index (χ4v) is 3.93. The molecular weight excluding hydrogens is 272 g/mol. The quantitative estimate of drug-likeness (QED) is 0.826. The molecular formula is C15H28N2O2S. The van der Waals surface area contributed by atoms with Gasteiger partial charge in [-0.15, -0.1) is 0 Å². The van der Waals surface area contributed by atoms with E-state index in [0.29, 0.717) is 12.0 Å². The van der Waals surface area contributed by atoms with Crippen LogP contribution in [-0.2, 0) is 4.79 Å². The van der Waals surface area contributed by atoms with Gasteiger partial charge in [-0.25, -0.2) is 0 Å². The van der Waals surface area contributed by atoms with Crippen LogP contribution in [0, 0.1) is 5.92 Å². The SMILES string of the molecule is CC(C)[C@H](NC1CCC(O)CC1)C(=O)N1CCSCC1. The Kier molecular flexibility index (Phi) is 6.18. The zero-order valence-corrected chi connectivity index (χ0v) is 13.5. The molecule has 0 bridgehead atoms. The van der Waals surface area contributed by atoms with Gasteiger partial charge in [0.1, 0.15) is 0 Å². The number of nitrogens with zero attached hydrogens (tertiary/aromatic N) is 1. The van der Waals surface area contributed by atoms with Gasteiger partial charge >= 0.3 is 0 Å². The summed E-state index contributed by atoms with van der Waals surface area (Å²) in [6.45, 7) is 6.01. The monoisotopic (exact) mass is 300 g/mol. The highest BCUT2D eigenvalue weighted by Gasteiger charge is 2.31. The molecule has 0 aromatic carbocycles. The van der Waals surface area contributed by atoms with E-state index in [4.69, 9.17) is 0 Å². The first kappa shape index (κ1) is 16.1. The molecule has 0 unspecified atom stereocenters. The Labute approximate surface area is 126 Å². The number of amides is 1. The predicted molar refractivity (Wildman–Crippen MR) is 83.9 cm³/mol. The van der Waals surface area contributed by atoms with Crippen molar-refractivity contribution in [1.82, 2.24) is 10.2 Å². The molecule has 0 radical (unpaired) electrons. The summed E-state index contributed by atoms with van der Waals surface area (Å²) in [6, 6.07) is 0.312. The second kappa shape index (κ2) is 7.66. The molecule has 1 aliphatic carbocycles. The Morgan fingerprint density at radius 3 is 2.35 bits per heavy atom. The van der Waals surface area contributed by atoms with Crippen molar-refractivity contribution in [3.63, 3.8) is 0 Å². The maximum absolute atomic E-state index is 12.7. The average molecular weight is 300 g/mol. The zero-order chi connectivity index (χ0) is 14.5. The third-order valence-electron chi connectivity index (χ3n) is 4.37. The summed E-state index contributed by atoms with van der Waals surface area (Å²) in [4.78, 5) is 14.7. The lowest BCUT2D eigenvalue weighted by Crippen LogP contribution is -2.54. The molecule has 1 saturated carbocycles. The van der Waals surface area contributed by atoms with Crippen LogP contribution >= 0.6 is 11.8 Å². The van der Waals surface area contributed by atoms with Gasteiger partial charge < -0.3 is 15.3 Å². The highest BCUT2D eigenvalue weighted by Crippen LogP contribution is 2.21. The summed E-state index contributed by atoms with van der Waals surface area (Å²) in [5, 5.41) is 13.1. The highest BCUT2D eigenvalue weighted by atomic mass is 32.2. The normalized spacial score (nSPS) is 29.5. The number of hydrogen-bond acceptors (Lipinski definition) is 4. The Bertz CT molecular complexity index is 311. The molecule has 20 heavy (non-hydrogen) atoms. The number of nitrogens with one attached hydrogen (secondary N) is 1. The van der Waals surface area contributed by atoms with E-state index in [9.17, 15) is 9.90 Å². The molecule has 0 aromatic rings. The maximum Gasteiger partial charge on any atom is 0.240 e. The average Bonchev–Trinajstić information content (AvgIpc) is 2.46. The minimum Gasteiger partial charge on any atom is -0.393 e. The Hall–Kier alpha value is -0.260. The van der Waals surface area contributed by atoms with Crippen LogP contribution in [0.5, 0.6) is 0 Å². The van der Waals surface area contributed by atoms with Crippen LogP contribution in [-0.4, -0.2) is 58.7 Å². The first-order valence-electron chi connectivity index (χ1n) is 7.88. The number of aliphatic hydroxyl groups is 1. The number of carbonyl (C=O) groups is 1. The van der Waals surface area contributed by atoms with Crippen molar-refractivity contribution >= 4 is 17.7 Å². The standard InChI is InChI=1S/C15H28N2O2S/c1-11(2)14(15(19)17-7-9-20-10-8-17)16-12-3-5-13(18)6-4-12/h11-14,16,18H,3-10H2,1-2H3/t12?,13?,14-/m0/s1. The fourth-order valence-electron chi connectivity index (χ4n) is 3.03. The third kappa shape index (κ3) is 4.37. The van der Waals surface area contributed by atoms with E-state index < -0.39 is 0 Å². The van der Waals surface area contributed by atoms with Gasteiger partial charge in [-0.3, -0.25) is 4.79 Å². The molecule has 1 aliphatic heterocycles. The summed E-state index contributed by atoms with van der Waals surface area (Å²) in [5.74, 6) is 2.70. The molecule has 2 fully saturated rings. The number of carbonyl (C=O) groups excluding carboxylic acids is 1. The van der Waals surface area contributed by atoms with Crippen molar-refractivity contribution in [1.29, 1.82) is 0 Å². The van der Waals surface area contributed by atoms with Crippen molar-refractivity contribution in [3.8, 4) is 0 Å². The maximum atomic E-state index is 12.7. The lowest BCUT2D eigenvalue weighted by atomic mass is 9.91. The number of hydrogen-bond donors (Lipinski definition) is 2. The van der Waals surface area contributed by atoms with Gasteiger partial charge in [-0.2, -0.15) is 11.8 Å². The second-order valence-corrected chi connectivity index (χ2v) is 7.56. The molecule has 1 atom stereocenters. The summed E-state index contributed by atoms with van der Waals surface area (Å²) < 4.78 is 0. The molecule has 2 N–H and O–H groups in total. The van der Waals surface area contributed by atoms with Crippen LogP contribution in [0.25, 0.3) is 0 Å². The summed E-state index contributed by atoms with van der Waals surface area (Å²) in [6.07, 6.45) is 3.54. The Morgan fingerprint density at radius 2 is 1.80 bits per heavy atom. The first-order valence-corrected chi connectivity index (χ1v) is 9.04. The van der Waals surface area contributed by atoms with Gasteiger partial charge in [0.15, 0.2) is 0 Å². The van der Waals surface area contributed by atoms with Gasteiger partial charge in [-0.1, -0.05) is 13.8 Å². The van der Waals surface area contributed by atoms with Gasteiger partial charge in [0.25, 0.3) is 0 Å². The number of aliphatic hydroxyl groups excluding tert-OH is 1. The van der Waals surface area contributed by atoms with Crippen LogP contribution in [0.2, 0.25) is 0 Å². The molecule has 1 amide bonds. The largest absolute Gasteiger partial charge is 0.393 e. The highest BCUT2D eigenvalue weighted by molar-refractivity contribution is 7.99. The molecule has 1 saturated heterocycles. The van der Waals surface area contributed by atoms with Crippen LogP contribution in [0.3, 0.4) is 0 Å². The Morgan fingerprint density at radius 1 is 1.20 bits per heavy atom. The van der Waals surface area contributed by atoms with E-state index in [1.165, 1.54) is 0 Å². The van der Waals surface area contributed by atoms with E-state index in [1.54, 1.807) is 0 Å². The van der Waals surface area contributed by atoms with E-state index in [2.05, 4.69) is 19.2 Å². The van der Waals surface area contributed by atoms with Gasteiger partial charge in [0, 0.05) is 30.6 Å². The molecule has 0 spiro atoms. The van der Waals surface area contributed by atoms with Crippen molar-refractivity contribution < 1.29 is 9.90 Å². The van der Waals surface area contributed by atoms with E-state index in [-0.39, 0.29) is 18.1 Å². The van der Waals surface area contributed by atoms with Crippen molar-refractivity contribution in [2.75, 3.05) is 24.6 Å². The van der Waals surface area contributed by atoms with Gasteiger partial charge in [0.2, 0.25) is 5.91 Å². The third-order valence-corrected chi connectivity index (χ3v) is 5.31. The topological polar surface area (TPSA) is 52.6 Å². The van der Waals surface area contributed by atoms with Crippen LogP contribution in [0.1, 0.15) is 39.5 Å². The number of rotatable bonds is 4. The minimum absolute atomic E-state index is 0.0710. The fraction of sp³-hybridized carbons (Fsp3) is 0.933. The first-order chi connectivity index (χ1) is 9.58. The van der Waals surface area contributed by atoms with Crippen molar-refractivity contribution in [3.05, 3.63) is 0 Å². The summed E-state index contributed by atoms with van der Waals surface area (Å²) in [5.41, 5.74) is 0. The van der Waals surface area contributed by atoms with E-state index in [1.807, 2.05) is 16.7 Å². The molecule has 2 rings (SSSR count). The zero-order valence-electron chi connectivity index (χ0n) is 12.7. The molecule has 4 nitrogen and oxygen atoms in total. The molecule has 0 aromatic heterocycles. The molecule has 116 valence electrons. The molecule has 1 heterocycles. The smallest absolute Gasteiger partial charge is 0.240 e. The minimum atomic E-state index is -0.139. The lowest BCUT2D eigenvalue weighted by molar-refractivity contribution is -0.134. The van der Waals surface area contributed by atoms with Crippen LogP contribution in [0.4, 0.5) is 0 Å². The molecule has 2 aliphatic rings. The predicted octanol–water partition coefficient (Wildman–Crippen LogP) is 1.48. The Balaban J connectivity index is 1.90. The van der Waals surface area contributed by atoms with Crippen molar-refractivity contribution in [2.45, 2.75) is 57.7 Å². The van der Waals surface area contributed by atoms with Crippen LogP contribution < -0.4 is 5.32 Å². The van der Waals surface area contributed by atoms with E-state index >= 15 is 0 Å². The van der Waals surface area contributed by atoms with Gasteiger partial charge in [-0.05, 0) is 31.6 Å². The number of thioether (sulfide) groups is 1. The van der Waals surface area contributed by atoms with E-state index in [0.717, 1.165) is 50.3 Å². The van der Waals surface area contributed by atoms with Gasteiger partial charge in [0.05, 0.1) is 12.1 Å². The van der Waals surface area contributed by atoms with Crippen LogP contribution in [0.15, 0.2) is 0 Å². The summed E-state index contributed by atoms with van der Waals surface area (Å²) >= 11 is 1.93. The van der Waals surface area contributed by atoms with Crippen molar-refractivity contribution in [2.24, 2.45) is 5.92 Å². The molecule has 5 heteroatoms. The summed E-state index contributed by atoms with van der Waals surface area (Å²) in [7, 11) is 0. The second-order valence-electron chi connectivity index (χ2n) is 6.33. The lowest BCUT2D eigenvalue weighted by Gasteiger charge is -2.35.